The van der Waals surface area contributed by atoms with Crippen molar-refractivity contribution in [3.8, 4) is 0 Å². The number of oxime groups is 1. The second-order valence-corrected chi connectivity index (χ2v) is 5.57. The van der Waals surface area contributed by atoms with Crippen LogP contribution in [0.4, 0.5) is 0 Å². The Kier molecular flexibility index (Phi) is 3.89. The van der Waals surface area contributed by atoms with Crippen molar-refractivity contribution in [2.24, 2.45) is 16.3 Å². The van der Waals surface area contributed by atoms with Crippen LogP contribution in [0.5, 0.6) is 0 Å². The molecule has 2 rings (SSSR count). The summed E-state index contributed by atoms with van der Waals surface area (Å²) in [5.41, 5.74) is 5.81. The Morgan fingerprint density at radius 2 is 2.18 bits per heavy atom. The highest BCUT2D eigenvalue weighted by Gasteiger charge is 2.45. The van der Waals surface area contributed by atoms with Crippen LogP contribution in [0.1, 0.15) is 38.5 Å². The number of piperidine rings is 1. The van der Waals surface area contributed by atoms with E-state index >= 15 is 0 Å². The predicted molar refractivity (Wildman–Crippen MR) is 66.0 cm³/mol. The largest absolute Gasteiger partial charge is 0.409 e. The average molecular weight is 241 g/mol. The van der Waals surface area contributed by atoms with Crippen LogP contribution in [0.2, 0.25) is 0 Å². The Hall–Kier alpha value is -0.810. The van der Waals surface area contributed by atoms with Crippen molar-refractivity contribution >= 4 is 5.84 Å². The number of likely N-dealkylation sites (tertiary alicyclic amines) is 1. The van der Waals surface area contributed by atoms with E-state index in [4.69, 9.17) is 10.9 Å². The molecule has 2 fully saturated rings. The van der Waals surface area contributed by atoms with E-state index in [1.807, 2.05) is 0 Å². The van der Waals surface area contributed by atoms with Gasteiger partial charge >= 0.3 is 0 Å². The summed E-state index contributed by atoms with van der Waals surface area (Å²) in [4.78, 5) is 2.39. The fraction of sp³-hybridized carbons (Fsp3) is 0.917. The molecule has 4 N–H and O–H groups in total. The molecule has 0 amide bonds. The zero-order chi connectivity index (χ0) is 12.3. The van der Waals surface area contributed by atoms with Crippen molar-refractivity contribution in [3.05, 3.63) is 0 Å². The number of aliphatic hydroxyl groups excluding tert-OH is 1. The van der Waals surface area contributed by atoms with E-state index in [2.05, 4.69) is 10.1 Å². The van der Waals surface area contributed by atoms with Gasteiger partial charge in [0.25, 0.3) is 0 Å². The van der Waals surface area contributed by atoms with E-state index in [1.54, 1.807) is 0 Å². The Morgan fingerprint density at radius 1 is 1.41 bits per heavy atom. The number of nitrogens with two attached hydrogens (primary N) is 1. The van der Waals surface area contributed by atoms with Gasteiger partial charge in [-0.2, -0.15) is 0 Å². The molecule has 1 atom stereocenters. The van der Waals surface area contributed by atoms with Gasteiger partial charge in [-0.15, -0.1) is 0 Å². The van der Waals surface area contributed by atoms with Gasteiger partial charge in [-0.05, 0) is 37.6 Å². The first-order chi connectivity index (χ1) is 8.19. The zero-order valence-corrected chi connectivity index (χ0v) is 10.3. The third kappa shape index (κ3) is 3.10. The van der Waals surface area contributed by atoms with Gasteiger partial charge in [0.2, 0.25) is 0 Å². The van der Waals surface area contributed by atoms with Gasteiger partial charge < -0.3 is 16.0 Å². The number of hydrogen-bond donors (Lipinski definition) is 3. The normalized spacial score (nSPS) is 29.2. The van der Waals surface area contributed by atoms with Gasteiger partial charge in [0.1, 0.15) is 5.84 Å². The Morgan fingerprint density at radius 3 is 2.76 bits per heavy atom. The standard InChI is InChI=1S/C12H23N3O2/c13-11(14-17)7-12(4-5-12)9-15-6-2-1-3-10(15)8-16/h10,16-17H,1-9H2,(H2,13,14). The van der Waals surface area contributed by atoms with Crippen LogP contribution in [-0.2, 0) is 0 Å². The highest BCUT2D eigenvalue weighted by molar-refractivity contribution is 5.80. The lowest BCUT2D eigenvalue weighted by molar-refractivity contribution is 0.0726. The van der Waals surface area contributed by atoms with Crippen LogP contribution in [0, 0.1) is 5.41 Å². The number of nitrogens with zero attached hydrogens (tertiary/aromatic N) is 2. The van der Waals surface area contributed by atoms with E-state index in [-0.39, 0.29) is 12.0 Å². The smallest absolute Gasteiger partial charge is 0.139 e. The second-order valence-electron chi connectivity index (χ2n) is 5.57. The molecule has 1 aliphatic heterocycles. The van der Waals surface area contributed by atoms with Crippen molar-refractivity contribution in [3.63, 3.8) is 0 Å². The summed E-state index contributed by atoms with van der Waals surface area (Å²) in [6, 6.07) is 0.313. The maximum Gasteiger partial charge on any atom is 0.139 e. The molecule has 5 heteroatoms. The van der Waals surface area contributed by atoms with Crippen LogP contribution in [0.15, 0.2) is 5.16 Å². The lowest BCUT2D eigenvalue weighted by Crippen LogP contribution is -2.45. The van der Waals surface area contributed by atoms with Crippen LogP contribution in [-0.4, -0.2) is 46.8 Å². The Bertz CT molecular complexity index is 289. The van der Waals surface area contributed by atoms with E-state index in [0.29, 0.717) is 18.3 Å². The number of amidine groups is 1. The molecule has 0 spiro atoms. The summed E-state index contributed by atoms with van der Waals surface area (Å²) < 4.78 is 0. The monoisotopic (exact) mass is 241 g/mol. The third-order valence-corrected chi connectivity index (χ3v) is 4.14. The van der Waals surface area contributed by atoms with Gasteiger partial charge in [0, 0.05) is 19.0 Å². The summed E-state index contributed by atoms with van der Waals surface area (Å²) in [6.45, 7) is 2.30. The summed E-state index contributed by atoms with van der Waals surface area (Å²) in [5.74, 6) is 0.333. The molecule has 2 aliphatic rings. The molecule has 1 saturated heterocycles. The van der Waals surface area contributed by atoms with Gasteiger partial charge in [-0.25, -0.2) is 0 Å². The van der Waals surface area contributed by atoms with Gasteiger partial charge in [-0.3, -0.25) is 4.90 Å². The third-order valence-electron chi connectivity index (χ3n) is 4.14. The Balaban J connectivity index is 1.90. The summed E-state index contributed by atoms with van der Waals surface area (Å²) in [6.07, 6.45) is 6.51. The zero-order valence-electron chi connectivity index (χ0n) is 10.3. The molecular weight excluding hydrogens is 218 g/mol. The lowest BCUT2D eigenvalue weighted by Gasteiger charge is -2.37. The number of hydrogen-bond acceptors (Lipinski definition) is 4. The molecule has 0 aromatic heterocycles. The maximum atomic E-state index is 9.38. The molecule has 0 radical (unpaired) electrons. The van der Waals surface area contributed by atoms with Crippen LogP contribution < -0.4 is 5.73 Å². The van der Waals surface area contributed by atoms with Crippen LogP contribution >= 0.6 is 0 Å². The minimum Gasteiger partial charge on any atom is -0.409 e. The summed E-state index contributed by atoms with van der Waals surface area (Å²) >= 11 is 0. The molecular formula is C12H23N3O2. The van der Waals surface area contributed by atoms with E-state index in [1.165, 1.54) is 12.8 Å². The van der Waals surface area contributed by atoms with Gasteiger partial charge in [0.05, 0.1) is 6.61 Å². The Labute approximate surface area is 102 Å². The number of rotatable bonds is 5. The van der Waals surface area contributed by atoms with Crippen molar-refractivity contribution in [2.75, 3.05) is 19.7 Å². The molecule has 1 saturated carbocycles. The van der Waals surface area contributed by atoms with Crippen molar-refractivity contribution in [1.82, 2.24) is 4.90 Å². The van der Waals surface area contributed by atoms with Crippen molar-refractivity contribution < 1.29 is 10.3 Å². The number of aliphatic hydroxyl groups is 1. The molecule has 5 nitrogen and oxygen atoms in total. The topological polar surface area (TPSA) is 82.1 Å². The summed E-state index contributed by atoms with van der Waals surface area (Å²) in [7, 11) is 0. The molecule has 0 aromatic rings. The quantitative estimate of drug-likeness (QED) is 0.287. The van der Waals surface area contributed by atoms with Gasteiger partial charge in [0.15, 0.2) is 0 Å². The van der Waals surface area contributed by atoms with Crippen molar-refractivity contribution in [1.29, 1.82) is 0 Å². The van der Waals surface area contributed by atoms with Crippen molar-refractivity contribution in [2.45, 2.75) is 44.6 Å². The van der Waals surface area contributed by atoms with Gasteiger partial charge in [-0.1, -0.05) is 11.6 Å². The van der Waals surface area contributed by atoms with E-state index in [9.17, 15) is 5.11 Å². The minimum absolute atomic E-state index is 0.209. The first kappa shape index (κ1) is 12.6. The minimum atomic E-state index is 0.209. The van der Waals surface area contributed by atoms with E-state index < -0.39 is 0 Å². The van der Waals surface area contributed by atoms with Crippen LogP contribution in [0.3, 0.4) is 0 Å². The highest BCUT2D eigenvalue weighted by atomic mass is 16.4. The maximum absolute atomic E-state index is 9.38. The predicted octanol–water partition coefficient (Wildman–Crippen LogP) is 0.750. The summed E-state index contributed by atoms with van der Waals surface area (Å²) in [5, 5.41) is 21.1. The fourth-order valence-corrected chi connectivity index (χ4v) is 2.89. The van der Waals surface area contributed by atoms with E-state index in [0.717, 1.165) is 32.4 Å². The molecule has 1 heterocycles. The molecule has 1 aliphatic carbocycles. The van der Waals surface area contributed by atoms with Crippen LogP contribution in [0.25, 0.3) is 0 Å². The molecule has 1 unspecified atom stereocenters. The lowest BCUT2D eigenvalue weighted by atomic mass is 9.96. The molecule has 0 bridgehead atoms. The highest BCUT2D eigenvalue weighted by Crippen LogP contribution is 2.49. The molecule has 17 heavy (non-hydrogen) atoms. The molecule has 0 aromatic carbocycles. The molecule has 98 valence electrons. The fourth-order valence-electron chi connectivity index (χ4n) is 2.89. The average Bonchev–Trinajstić information content (AvgIpc) is 3.09. The second kappa shape index (κ2) is 5.23. The first-order valence-electron chi connectivity index (χ1n) is 6.50. The first-order valence-corrected chi connectivity index (χ1v) is 6.50. The SMILES string of the molecule is NC(CC1(CN2CCCCC2CO)CC1)=NO.